The van der Waals surface area contributed by atoms with Gasteiger partial charge in [0.1, 0.15) is 11.8 Å². The van der Waals surface area contributed by atoms with Crippen LogP contribution >= 0.6 is 0 Å². The molecule has 1 atom stereocenters. The van der Waals surface area contributed by atoms with Gasteiger partial charge in [-0.2, -0.15) is 0 Å². The first kappa shape index (κ1) is 16.0. The molecular formula is C15H21NO4. The number of carboxylic acid groups (broad SMARTS) is 1. The summed E-state index contributed by atoms with van der Waals surface area (Å²) >= 11 is 0. The van der Waals surface area contributed by atoms with Crippen molar-refractivity contribution in [2.75, 3.05) is 6.61 Å². The molecule has 0 aliphatic rings. The third-order valence-corrected chi connectivity index (χ3v) is 2.87. The lowest BCUT2D eigenvalue weighted by molar-refractivity contribution is -0.145. The number of carbonyl (C=O) groups excluding carboxylic acids is 1. The monoisotopic (exact) mass is 279 g/mol. The second-order valence-electron chi connectivity index (χ2n) is 5.76. The van der Waals surface area contributed by atoms with Crippen molar-refractivity contribution in [1.82, 2.24) is 5.32 Å². The lowest BCUT2D eigenvalue weighted by atomic mass is 9.87. The van der Waals surface area contributed by atoms with Gasteiger partial charge in [-0.15, -0.1) is 0 Å². The van der Waals surface area contributed by atoms with E-state index in [9.17, 15) is 9.59 Å². The van der Waals surface area contributed by atoms with Gasteiger partial charge in [-0.05, 0) is 24.0 Å². The Morgan fingerprint density at radius 2 is 1.90 bits per heavy atom. The number of para-hydroxylation sites is 1. The van der Waals surface area contributed by atoms with Gasteiger partial charge in [-0.25, -0.2) is 4.79 Å². The Morgan fingerprint density at radius 1 is 1.30 bits per heavy atom. The van der Waals surface area contributed by atoms with Crippen LogP contribution < -0.4 is 10.1 Å². The van der Waals surface area contributed by atoms with Gasteiger partial charge in [0.2, 0.25) is 0 Å². The molecule has 0 saturated carbocycles. The van der Waals surface area contributed by atoms with E-state index < -0.39 is 23.3 Å². The molecule has 5 heteroatoms. The van der Waals surface area contributed by atoms with E-state index in [4.69, 9.17) is 9.84 Å². The van der Waals surface area contributed by atoms with Gasteiger partial charge in [-0.3, -0.25) is 4.79 Å². The van der Waals surface area contributed by atoms with E-state index in [1.54, 1.807) is 26.8 Å². The maximum absolute atomic E-state index is 11.8. The van der Waals surface area contributed by atoms with E-state index in [1.165, 1.54) is 0 Å². The molecule has 0 spiro atoms. The number of nitrogens with one attached hydrogen (secondary N) is 1. The molecule has 0 bridgehead atoms. The highest BCUT2D eigenvalue weighted by Gasteiger charge is 2.32. The fraction of sp³-hybridized carbons (Fsp3) is 0.467. The Hall–Kier alpha value is -2.04. The standard InChI is InChI=1S/C15H21NO4/c1-10-7-5-6-8-11(10)20-9-12(17)16-13(14(18)19)15(2,3)4/h5-8,13H,9H2,1-4H3,(H,16,17)(H,18,19)/t13-/m0/s1. The van der Waals surface area contributed by atoms with Crippen LogP contribution in [0.4, 0.5) is 0 Å². The second-order valence-corrected chi connectivity index (χ2v) is 5.76. The molecule has 0 aromatic heterocycles. The summed E-state index contributed by atoms with van der Waals surface area (Å²) in [6.45, 7) is 6.95. The minimum Gasteiger partial charge on any atom is -0.484 e. The Balaban J connectivity index is 2.60. The van der Waals surface area contributed by atoms with Crippen molar-refractivity contribution in [2.45, 2.75) is 33.7 Å². The van der Waals surface area contributed by atoms with Crippen LogP contribution in [-0.2, 0) is 9.59 Å². The molecule has 1 amide bonds. The summed E-state index contributed by atoms with van der Waals surface area (Å²) in [6, 6.07) is 6.39. The van der Waals surface area contributed by atoms with E-state index in [0.29, 0.717) is 5.75 Å². The van der Waals surface area contributed by atoms with Gasteiger partial charge in [0.15, 0.2) is 6.61 Å². The molecule has 1 aromatic carbocycles. The molecule has 110 valence electrons. The molecule has 2 N–H and O–H groups in total. The minimum absolute atomic E-state index is 0.204. The Bertz CT molecular complexity index is 491. The van der Waals surface area contributed by atoms with Crippen molar-refractivity contribution in [3.8, 4) is 5.75 Å². The maximum Gasteiger partial charge on any atom is 0.326 e. The normalized spacial score (nSPS) is 12.6. The number of rotatable bonds is 5. The number of aryl methyl sites for hydroxylation is 1. The zero-order valence-corrected chi connectivity index (χ0v) is 12.3. The van der Waals surface area contributed by atoms with E-state index in [0.717, 1.165) is 5.56 Å². The molecule has 20 heavy (non-hydrogen) atoms. The lowest BCUT2D eigenvalue weighted by Crippen LogP contribution is -2.50. The number of hydrogen-bond donors (Lipinski definition) is 2. The SMILES string of the molecule is Cc1ccccc1OCC(=O)N[C@@H](C(=O)O)C(C)(C)C. The number of hydrogen-bond acceptors (Lipinski definition) is 3. The number of amides is 1. The predicted octanol–water partition coefficient (Wildman–Crippen LogP) is 1.99. The Kier molecular flexibility index (Phi) is 5.13. The minimum atomic E-state index is -1.05. The van der Waals surface area contributed by atoms with Crippen molar-refractivity contribution < 1.29 is 19.4 Å². The number of carboxylic acids is 1. The molecule has 0 heterocycles. The lowest BCUT2D eigenvalue weighted by Gasteiger charge is -2.27. The van der Waals surface area contributed by atoms with Gasteiger partial charge < -0.3 is 15.2 Å². The van der Waals surface area contributed by atoms with Crippen molar-refractivity contribution in [3.63, 3.8) is 0 Å². The Morgan fingerprint density at radius 3 is 2.40 bits per heavy atom. The van der Waals surface area contributed by atoms with Crippen LogP contribution in [0, 0.1) is 12.3 Å². The van der Waals surface area contributed by atoms with Gasteiger partial charge in [0, 0.05) is 0 Å². The highest BCUT2D eigenvalue weighted by atomic mass is 16.5. The van der Waals surface area contributed by atoms with Crippen LogP contribution in [-0.4, -0.2) is 29.6 Å². The van der Waals surface area contributed by atoms with Crippen LogP contribution in [0.3, 0.4) is 0 Å². The zero-order chi connectivity index (χ0) is 15.3. The summed E-state index contributed by atoms with van der Waals surface area (Å²) < 4.78 is 5.39. The third-order valence-electron chi connectivity index (χ3n) is 2.87. The molecular weight excluding hydrogens is 258 g/mol. The average Bonchev–Trinajstić information content (AvgIpc) is 2.33. The van der Waals surface area contributed by atoms with Gasteiger partial charge in [-0.1, -0.05) is 39.0 Å². The Labute approximate surface area is 118 Å². The van der Waals surface area contributed by atoms with E-state index in [2.05, 4.69) is 5.32 Å². The van der Waals surface area contributed by atoms with Crippen molar-refractivity contribution in [3.05, 3.63) is 29.8 Å². The fourth-order valence-electron chi connectivity index (χ4n) is 1.71. The first-order valence-corrected chi connectivity index (χ1v) is 6.42. The van der Waals surface area contributed by atoms with Crippen molar-refractivity contribution in [2.24, 2.45) is 5.41 Å². The maximum atomic E-state index is 11.8. The van der Waals surface area contributed by atoms with Crippen LogP contribution in [0.1, 0.15) is 26.3 Å². The molecule has 0 fully saturated rings. The molecule has 0 saturated heterocycles. The fourth-order valence-corrected chi connectivity index (χ4v) is 1.71. The summed E-state index contributed by atoms with van der Waals surface area (Å²) in [5.74, 6) is -0.886. The van der Waals surface area contributed by atoms with Crippen LogP contribution in [0.2, 0.25) is 0 Å². The highest BCUT2D eigenvalue weighted by molar-refractivity contribution is 5.84. The van der Waals surface area contributed by atoms with E-state index in [-0.39, 0.29) is 6.61 Å². The number of aliphatic carboxylic acids is 1. The summed E-state index contributed by atoms with van der Waals surface area (Å²) in [5.41, 5.74) is 0.357. The molecule has 1 aromatic rings. The number of benzene rings is 1. The molecule has 1 rings (SSSR count). The van der Waals surface area contributed by atoms with Crippen LogP contribution in [0.5, 0.6) is 5.75 Å². The summed E-state index contributed by atoms with van der Waals surface area (Å²) in [7, 11) is 0. The first-order chi connectivity index (χ1) is 9.21. The molecule has 0 aliphatic carbocycles. The van der Waals surface area contributed by atoms with Gasteiger partial charge >= 0.3 is 5.97 Å². The molecule has 0 aliphatic heterocycles. The summed E-state index contributed by atoms with van der Waals surface area (Å²) in [4.78, 5) is 22.9. The van der Waals surface area contributed by atoms with Crippen molar-refractivity contribution in [1.29, 1.82) is 0 Å². The van der Waals surface area contributed by atoms with Crippen LogP contribution in [0.25, 0.3) is 0 Å². The smallest absolute Gasteiger partial charge is 0.326 e. The molecule has 0 radical (unpaired) electrons. The van der Waals surface area contributed by atoms with Gasteiger partial charge in [0.05, 0.1) is 0 Å². The first-order valence-electron chi connectivity index (χ1n) is 6.42. The van der Waals surface area contributed by atoms with E-state index >= 15 is 0 Å². The summed E-state index contributed by atoms with van der Waals surface area (Å²) in [6.07, 6.45) is 0. The highest BCUT2D eigenvalue weighted by Crippen LogP contribution is 2.19. The van der Waals surface area contributed by atoms with Crippen molar-refractivity contribution >= 4 is 11.9 Å². The van der Waals surface area contributed by atoms with Gasteiger partial charge in [0.25, 0.3) is 5.91 Å². The van der Waals surface area contributed by atoms with E-state index in [1.807, 2.05) is 25.1 Å². The molecule has 5 nitrogen and oxygen atoms in total. The third kappa shape index (κ3) is 4.57. The molecule has 0 unspecified atom stereocenters. The summed E-state index contributed by atoms with van der Waals surface area (Å²) in [5, 5.41) is 11.6. The number of carbonyl (C=O) groups is 2. The quantitative estimate of drug-likeness (QED) is 0.864. The second kappa shape index (κ2) is 6.41. The topological polar surface area (TPSA) is 75.6 Å². The predicted molar refractivity (Wildman–Crippen MR) is 75.7 cm³/mol. The average molecular weight is 279 g/mol. The number of ether oxygens (including phenoxy) is 1. The zero-order valence-electron chi connectivity index (χ0n) is 12.3. The van der Waals surface area contributed by atoms with Crippen LogP contribution in [0.15, 0.2) is 24.3 Å². The largest absolute Gasteiger partial charge is 0.484 e.